The van der Waals surface area contributed by atoms with Gasteiger partial charge in [0.05, 0.1) is 36.4 Å². The SMILES string of the molecule is Cc1c([C@@H]2CN3CCN(C(=O)Cc4ccc(-n5cnnn5)cc4Cl)C[C@@H]3CO2)ccc(F)c1C#N. The first kappa shape index (κ1) is 23.4. The third-order valence-corrected chi connectivity index (χ3v) is 7.11. The van der Waals surface area contributed by atoms with E-state index < -0.39 is 5.82 Å². The van der Waals surface area contributed by atoms with E-state index in [1.165, 1.54) is 17.1 Å². The van der Waals surface area contributed by atoms with Gasteiger partial charge >= 0.3 is 0 Å². The summed E-state index contributed by atoms with van der Waals surface area (Å²) in [5.74, 6) is -0.503. The van der Waals surface area contributed by atoms with Gasteiger partial charge in [0.15, 0.2) is 0 Å². The number of carbonyl (C=O) groups is 1. The van der Waals surface area contributed by atoms with Crippen LogP contribution in [-0.2, 0) is 16.0 Å². The number of tetrazole rings is 1. The number of benzene rings is 2. The summed E-state index contributed by atoms with van der Waals surface area (Å²) < 4.78 is 21.5. The third-order valence-electron chi connectivity index (χ3n) is 6.75. The summed E-state index contributed by atoms with van der Waals surface area (Å²) in [6, 6.07) is 10.4. The number of morpholine rings is 1. The number of nitriles is 1. The fourth-order valence-corrected chi connectivity index (χ4v) is 5.00. The maximum atomic E-state index is 13.9. The van der Waals surface area contributed by atoms with Gasteiger partial charge in [0, 0.05) is 31.2 Å². The van der Waals surface area contributed by atoms with E-state index in [0.717, 1.165) is 16.8 Å². The lowest BCUT2D eigenvalue weighted by Crippen LogP contribution is -2.59. The van der Waals surface area contributed by atoms with Crippen molar-refractivity contribution in [2.75, 3.05) is 32.8 Å². The minimum absolute atomic E-state index is 0.0110. The van der Waals surface area contributed by atoms with Gasteiger partial charge in [-0.2, -0.15) is 5.26 Å². The van der Waals surface area contributed by atoms with Gasteiger partial charge in [0.1, 0.15) is 18.2 Å². The van der Waals surface area contributed by atoms with Crippen molar-refractivity contribution in [2.24, 2.45) is 0 Å². The van der Waals surface area contributed by atoms with Gasteiger partial charge in [0.2, 0.25) is 5.91 Å². The molecule has 5 rings (SSSR count). The molecule has 2 aliphatic rings. The molecule has 3 heterocycles. The zero-order valence-corrected chi connectivity index (χ0v) is 19.8. The Morgan fingerprint density at radius 2 is 2.14 bits per heavy atom. The van der Waals surface area contributed by atoms with Crippen LogP contribution >= 0.6 is 11.6 Å². The lowest BCUT2D eigenvalue weighted by atomic mass is 9.96. The number of amides is 1. The average Bonchev–Trinajstić information content (AvgIpc) is 3.40. The first-order chi connectivity index (χ1) is 16.9. The van der Waals surface area contributed by atoms with Crippen LogP contribution in [0.3, 0.4) is 0 Å². The molecule has 0 unspecified atom stereocenters. The highest BCUT2D eigenvalue weighted by atomic mass is 35.5. The van der Waals surface area contributed by atoms with Gasteiger partial charge < -0.3 is 9.64 Å². The summed E-state index contributed by atoms with van der Waals surface area (Å²) in [7, 11) is 0. The van der Waals surface area contributed by atoms with Crippen LogP contribution in [0.5, 0.6) is 0 Å². The molecule has 180 valence electrons. The summed E-state index contributed by atoms with van der Waals surface area (Å²) >= 11 is 6.43. The molecule has 2 saturated heterocycles. The van der Waals surface area contributed by atoms with Crippen LogP contribution in [0.25, 0.3) is 5.69 Å². The zero-order chi connectivity index (χ0) is 24.5. The van der Waals surface area contributed by atoms with Crippen LogP contribution in [0.1, 0.15) is 28.4 Å². The lowest BCUT2D eigenvalue weighted by Gasteiger charge is -2.46. The van der Waals surface area contributed by atoms with E-state index in [0.29, 0.717) is 43.4 Å². The van der Waals surface area contributed by atoms with Crippen molar-refractivity contribution < 1.29 is 13.9 Å². The Bertz CT molecular complexity index is 1290. The van der Waals surface area contributed by atoms with E-state index >= 15 is 0 Å². The molecule has 2 aromatic carbocycles. The number of ether oxygens (including phenoxy) is 1. The minimum atomic E-state index is -0.514. The molecule has 0 saturated carbocycles. The number of fused-ring (bicyclic) bond motifs is 1. The highest BCUT2D eigenvalue weighted by Crippen LogP contribution is 2.31. The second-order valence-corrected chi connectivity index (χ2v) is 9.17. The maximum absolute atomic E-state index is 13.9. The molecule has 0 aliphatic carbocycles. The average molecular weight is 496 g/mol. The van der Waals surface area contributed by atoms with E-state index in [2.05, 4.69) is 20.4 Å². The van der Waals surface area contributed by atoms with Gasteiger partial charge in [-0.1, -0.05) is 23.7 Å². The normalized spacial score (nSPS) is 20.3. The van der Waals surface area contributed by atoms with E-state index in [4.69, 9.17) is 16.3 Å². The van der Waals surface area contributed by atoms with Crippen molar-refractivity contribution in [3.63, 3.8) is 0 Å². The zero-order valence-electron chi connectivity index (χ0n) is 19.1. The predicted molar refractivity (Wildman–Crippen MR) is 124 cm³/mol. The molecular formula is C24H23ClFN7O2. The standard InChI is InChI=1S/C24H23ClFN7O2/c1-15-19(4-5-22(26)20(15)10-27)23-12-31-6-7-32(11-18(31)13-35-23)24(34)8-16-2-3-17(9-21(16)25)33-14-28-29-30-33/h2-5,9,14,18,23H,6-8,11-13H2,1H3/t18-,23+/m1/s1. The molecule has 0 spiro atoms. The quantitative estimate of drug-likeness (QED) is 0.548. The van der Waals surface area contributed by atoms with Gasteiger partial charge in [-0.05, 0) is 52.2 Å². The number of carbonyl (C=O) groups excluding carboxylic acids is 1. The highest BCUT2D eigenvalue weighted by Gasteiger charge is 2.36. The molecule has 11 heteroatoms. The molecule has 0 N–H and O–H groups in total. The molecule has 1 amide bonds. The number of rotatable bonds is 4. The number of piperazine rings is 1. The fraction of sp³-hybridized carbons (Fsp3) is 0.375. The predicted octanol–water partition coefficient (Wildman–Crippen LogP) is 2.46. The van der Waals surface area contributed by atoms with E-state index in [9.17, 15) is 14.4 Å². The third kappa shape index (κ3) is 4.62. The van der Waals surface area contributed by atoms with E-state index in [1.807, 2.05) is 23.1 Å². The van der Waals surface area contributed by atoms with E-state index in [-0.39, 0.29) is 30.0 Å². The van der Waals surface area contributed by atoms with Crippen LogP contribution in [0, 0.1) is 24.1 Å². The molecule has 3 aromatic rings. The van der Waals surface area contributed by atoms with Crippen LogP contribution < -0.4 is 0 Å². The van der Waals surface area contributed by atoms with Crippen LogP contribution in [0.2, 0.25) is 5.02 Å². The number of aromatic nitrogens is 4. The molecule has 0 radical (unpaired) electrons. The topological polar surface area (TPSA) is 100 Å². The lowest BCUT2D eigenvalue weighted by molar-refractivity contribution is -0.139. The Hall–Kier alpha value is -3.39. The van der Waals surface area contributed by atoms with Crippen molar-refractivity contribution in [1.82, 2.24) is 30.0 Å². The van der Waals surface area contributed by atoms with Gasteiger partial charge in [-0.25, -0.2) is 9.07 Å². The van der Waals surface area contributed by atoms with Crippen molar-refractivity contribution in [2.45, 2.75) is 25.5 Å². The Balaban J connectivity index is 1.21. The number of hydrogen-bond acceptors (Lipinski definition) is 7. The molecule has 35 heavy (non-hydrogen) atoms. The second kappa shape index (κ2) is 9.70. The summed E-state index contributed by atoms with van der Waals surface area (Å²) in [4.78, 5) is 17.2. The summed E-state index contributed by atoms with van der Waals surface area (Å²) in [5, 5.41) is 20.8. The first-order valence-corrected chi connectivity index (χ1v) is 11.7. The molecule has 2 aliphatic heterocycles. The Kier molecular flexibility index (Phi) is 6.47. The molecule has 0 bridgehead atoms. The van der Waals surface area contributed by atoms with Gasteiger partial charge in [-0.3, -0.25) is 9.69 Å². The van der Waals surface area contributed by atoms with Crippen molar-refractivity contribution in [3.8, 4) is 11.8 Å². The second-order valence-electron chi connectivity index (χ2n) is 8.77. The summed E-state index contributed by atoms with van der Waals surface area (Å²) in [6.07, 6.45) is 1.45. The monoisotopic (exact) mass is 495 g/mol. The Morgan fingerprint density at radius 1 is 1.29 bits per heavy atom. The van der Waals surface area contributed by atoms with Crippen LogP contribution in [0.4, 0.5) is 4.39 Å². The molecule has 2 atom stereocenters. The number of nitrogens with zero attached hydrogens (tertiary/aromatic N) is 7. The number of hydrogen-bond donors (Lipinski definition) is 0. The summed E-state index contributed by atoms with van der Waals surface area (Å²) in [5.41, 5.74) is 2.98. The first-order valence-electron chi connectivity index (χ1n) is 11.3. The fourth-order valence-electron chi connectivity index (χ4n) is 4.76. The smallest absolute Gasteiger partial charge is 0.227 e. The number of halogens is 2. The Labute approximate surface area is 206 Å². The van der Waals surface area contributed by atoms with Gasteiger partial charge in [-0.15, -0.1) is 5.10 Å². The van der Waals surface area contributed by atoms with Crippen molar-refractivity contribution in [1.29, 1.82) is 5.26 Å². The van der Waals surface area contributed by atoms with Gasteiger partial charge in [0.25, 0.3) is 0 Å². The molecular weight excluding hydrogens is 473 g/mol. The minimum Gasteiger partial charge on any atom is -0.370 e. The molecule has 1 aromatic heterocycles. The van der Waals surface area contributed by atoms with Crippen LogP contribution in [0.15, 0.2) is 36.7 Å². The highest BCUT2D eigenvalue weighted by molar-refractivity contribution is 6.31. The molecule has 9 nitrogen and oxygen atoms in total. The molecule has 2 fully saturated rings. The van der Waals surface area contributed by atoms with Crippen molar-refractivity contribution in [3.05, 3.63) is 69.8 Å². The summed E-state index contributed by atoms with van der Waals surface area (Å²) in [6.45, 7) is 4.73. The van der Waals surface area contributed by atoms with Crippen LogP contribution in [-0.4, -0.2) is 74.7 Å². The Morgan fingerprint density at radius 3 is 2.89 bits per heavy atom. The largest absolute Gasteiger partial charge is 0.370 e. The van der Waals surface area contributed by atoms with E-state index in [1.54, 1.807) is 19.1 Å². The maximum Gasteiger partial charge on any atom is 0.227 e. The van der Waals surface area contributed by atoms with Crippen molar-refractivity contribution >= 4 is 17.5 Å².